The Bertz CT molecular complexity index is 665. The van der Waals surface area contributed by atoms with E-state index in [-0.39, 0.29) is 18.6 Å². The number of likely N-dealkylation sites (tertiary alicyclic amines) is 1. The van der Waals surface area contributed by atoms with Gasteiger partial charge >= 0.3 is 5.97 Å². The molecule has 7 heteroatoms. The number of nitrogens with zero attached hydrogens (tertiary/aromatic N) is 1. The second-order valence-electron chi connectivity index (χ2n) is 7.35. The quantitative estimate of drug-likeness (QED) is 0.694. The van der Waals surface area contributed by atoms with E-state index in [1.807, 2.05) is 18.2 Å². The first kappa shape index (κ1) is 18.7. The van der Waals surface area contributed by atoms with Crippen molar-refractivity contribution in [2.24, 2.45) is 11.8 Å². The molecule has 4 atom stereocenters. The Morgan fingerprint density at radius 2 is 1.92 bits per heavy atom. The Morgan fingerprint density at radius 3 is 2.62 bits per heavy atom. The lowest BCUT2D eigenvalue weighted by atomic mass is 9.77. The van der Waals surface area contributed by atoms with Gasteiger partial charge in [0.15, 0.2) is 6.61 Å². The van der Waals surface area contributed by atoms with Crippen LogP contribution in [-0.4, -0.2) is 58.8 Å². The largest absolute Gasteiger partial charge is 0.482 e. The van der Waals surface area contributed by atoms with Gasteiger partial charge in [-0.1, -0.05) is 18.2 Å². The summed E-state index contributed by atoms with van der Waals surface area (Å²) in [7, 11) is 0. The third kappa shape index (κ3) is 4.53. The molecular weight excluding hydrogens is 336 g/mol. The molecule has 0 radical (unpaired) electrons. The summed E-state index contributed by atoms with van der Waals surface area (Å²) in [6.07, 6.45) is 0.994. The van der Waals surface area contributed by atoms with Gasteiger partial charge in [-0.2, -0.15) is 0 Å². The molecular formula is C19H26N2O5. The minimum Gasteiger partial charge on any atom is -0.482 e. The molecule has 3 rings (SSSR count). The van der Waals surface area contributed by atoms with Crippen molar-refractivity contribution in [1.29, 1.82) is 0 Å². The van der Waals surface area contributed by atoms with E-state index in [9.17, 15) is 14.7 Å². The number of amides is 1. The number of aliphatic hydroxyl groups is 1. The third-order valence-electron chi connectivity index (χ3n) is 5.32. The molecule has 1 saturated carbocycles. The average molecular weight is 362 g/mol. The maximum atomic E-state index is 11.3. The zero-order valence-electron chi connectivity index (χ0n) is 14.9. The summed E-state index contributed by atoms with van der Waals surface area (Å²) in [5.74, 6) is 0.363. The predicted molar refractivity (Wildman–Crippen MR) is 94.7 cm³/mol. The van der Waals surface area contributed by atoms with Crippen molar-refractivity contribution < 1.29 is 24.5 Å². The summed E-state index contributed by atoms with van der Waals surface area (Å²) >= 11 is 0. The third-order valence-corrected chi connectivity index (χ3v) is 5.32. The molecule has 1 heterocycles. The fourth-order valence-corrected chi connectivity index (χ4v) is 4.23. The molecule has 7 nitrogen and oxygen atoms in total. The van der Waals surface area contributed by atoms with Crippen LogP contribution in [0.1, 0.15) is 25.3 Å². The van der Waals surface area contributed by atoms with Crippen molar-refractivity contribution in [2.45, 2.75) is 38.5 Å². The van der Waals surface area contributed by atoms with Gasteiger partial charge in [0.25, 0.3) is 0 Å². The number of fused-ring (bicyclic) bond motifs is 1. The smallest absolute Gasteiger partial charge is 0.341 e. The van der Waals surface area contributed by atoms with E-state index in [2.05, 4.69) is 10.2 Å². The summed E-state index contributed by atoms with van der Waals surface area (Å²) in [4.78, 5) is 24.4. The number of nitrogens with one attached hydrogen (secondary N) is 1. The number of carbonyl (C=O) groups is 2. The van der Waals surface area contributed by atoms with E-state index in [0.717, 1.165) is 25.1 Å². The number of carboxylic acids is 1. The first-order valence-corrected chi connectivity index (χ1v) is 9.02. The van der Waals surface area contributed by atoms with Crippen molar-refractivity contribution in [3.8, 4) is 5.75 Å². The van der Waals surface area contributed by atoms with E-state index in [0.29, 0.717) is 30.6 Å². The molecule has 0 unspecified atom stereocenters. The number of hydrogen-bond acceptors (Lipinski definition) is 5. The van der Waals surface area contributed by atoms with Crippen LogP contribution in [0.15, 0.2) is 24.3 Å². The molecule has 1 amide bonds. The summed E-state index contributed by atoms with van der Waals surface area (Å²) in [6.45, 7) is 3.60. The zero-order valence-corrected chi connectivity index (χ0v) is 14.9. The molecule has 2 aliphatic rings. The van der Waals surface area contributed by atoms with Gasteiger partial charge in [0, 0.05) is 32.1 Å². The van der Waals surface area contributed by atoms with Crippen LogP contribution in [0.4, 0.5) is 0 Å². The second kappa shape index (κ2) is 8.05. The number of hydrogen-bond donors (Lipinski definition) is 3. The monoisotopic (exact) mass is 362 g/mol. The maximum Gasteiger partial charge on any atom is 0.341 e. The van der Waals surface area contributed by atoms with E-state index in [1.165, 1.54) is 6.92 Å². The Labute approximate surface area is 152 Å². The molecule has 3 N–H and O–H groups in total. The molecule has 1 saturated heterocycles. The molecule has 0 aromatic heterocycles. The van der Waals surface area contributed by atoms with Crippen LogP contribution in [0, 0.1) is 11.8 Å². The van der Waals surface area contributed by atoms with E-state index >= 15 is 0 Å². The lowest BCUT2D eigenvalue weighted by molar-refractivity contribution is -0.139. The van der Waals surface area contributed by atoms with Gasteiger partial charge in [-0.15, -0.1) is 0 Å². The van der Waals surface area contributed by atoms with E-state index in [1.54, 1.807) is 6.07 Å². The highest BCUT2D eigenvalue weighted by molar-refractivity contribution is 5.73. The van der Waals surface area contributed by atoms with Crippen LogP contribution in [-0.2, 0) is 16.1 Å². The molecule has 1 aromatic rings. The number of para-hydroxylation sites is 1. The molecule has 0 bridgehead atoms. The normalized spacial score (nSPS) is 28.4. The molecule has 2 fully saturated rings. The minimum atomic E-state index is -0.995. The summed E-state index contributed by atoms with van der Waals surface area (Å²) in [5.41, 5.74) is 0.964. The van der Waals surface area contributed by atoms with Crippen LogP contribution in [0.5, 0.6) is 5.75 Å². The molecule has 0 spiro atoms. The van der Waals surface area contributed by atoms with Gasteiger partial charge in [-0.3, -0.25) is 9.69 Å². The first-order chi connectivity index (χ1) is 12.4. The first-order valence-electron chi connectivity index (χ1n) is 9.02. The topological polar surface area (TPSA) is 99.1 Å². The highest BCUT2D eigenvalue weighted by Crippen LogP contribution is 2.37. The van der Waals surface area contributed by atoms with Crippen molar-refractivity contribution in [1.82, 2.24) is 10.2 Å². The molecule has 26 heavy (non-hydrogen) atoms. The molecule has 1 aromatic carbocycles. The Morgan fingerprint density at radius 1 is 1.23 bits per heavy atom. The van der Waals surface area contributed by atoms with Gasteiger partial charge in [-0.25, -0.2) is 4.79 Å². The van der Waals surface area contributed by atoms with Crippen LogP contribution in [0.2, 0.25) is 0 Å². The number of benzene rings is 1. The lowest BCUT2D eigenvalue weighted by Gasteiger charge is -2.35. The van der Waals surface area contributed by atoms with Crippen LogP contribution in [0.3, 0.4) is 0 Å². The van der Waals surface area contributed by atoms with Gasteiger partial charge in [0.2, 0.25) is 5.91 Å². The number of ether oxygens (including phenoxy) is 1. The lowest BCUT2D eigenvalue weighted by Crippen LogP contribution is -2.48. The summed E-state index contributed by atoms with van der Waals surface area (Å²) < 4.78 is 5.39. The number of rotatable bonds is 6. The van der Waals surface area contributed by atoms with Crippen molar-refractivity contribution >= 4 is 11.9 Å². The average Bonchev–Trinajstić information content (AvgIpc) is 2.95. The molecule has 1 aliphatic carbocycles. The van der Waals surface area contributed by atoms with E-state index in [4.69, 9.17) is 9.84 Å². The van der Waals surface area contributed by atoms with Crippen LogP contribution in [0.25, 0.3) is 0 Å². The van der Waals surface area contributed by atoms with Gasteiger partial charge in [-0.05, 0) is 30.7 Å². The highest BCUT2D eigenvalue weighted by atomic mass is 16.5. The number of carboxylic acid groups (broad SMARTS) is 1. The van der Waals surface area contributed by atoms with Gasteiger partial charge in [0.05, 0.1) is 12.1 Å². The predicted octanol–water partition coefficient (Wildman–Crippen LogP) is 0.857. The highest BCUT2D eigenvalue weighted by Gasteiger charge is 2.41. The Balaban J connectivity index is 1.61. The Hall–Kier alpha value is -2.12. The van der Waals surface area contributed by atoms with Crippen molar-refractivity contribution in [3.05, 3.63) is 29.8 Å². The maximum absolute atomic E-state index is 11.3. The molecule has 1 aliphatic heterocycles. The van der Waals surface area contributed by atoms with Gasteiger partial charge in [0.1, 0.15) is 5.75 Å². The van der Waals surface area contributed by atoms with Crippen LogP contribution < -0.4 is 10.1 Å². The molecule has 142 valence electrons. The van der Waals surface area contributed by atoms with E-state index < -0.39 is 12.1 Å². The summed E-state index contributed by atoms with van der Waals surface area (Å²) in [6, 6.07) is 7.33. The summed E-state index contributed by atoms with van der Waals surface area (Å²) in [5, 5.41) is 22.0. The fraction of sp³-hybridized carbons (Fsp3) is 0.579. The number of carbonyl (C=O) groups excluding carboxylic acids is 1. The minimum absolute atomic E-state index is 0.105. The fourth-order valence-electron chi connectivity index (χ4n) is 4.23. The standard InChI is InChI=1S/C19H26N2O5/c1-12(22)20-16-6-14-9-21(10-15(14)7-17(16)23)8-13-4-2-3-5-18(13)26-11-19(24)25/h2-5,14-17,23H,6-11H2,1H3,(H,20,22)(H,24,25)/t14-,15+,16-,17-/m1/s1. The second-order valence-corrected chi connectivity index (χ2v) is 7.35. The SMILES string of the molecule is CC(=O)N[C@@H]1C[C@@H]2CN(Cc3ccccc3OCC(=O)O)C[C@@H]2C[C@H]1O. The Kier molecular flexibility index (Phi) is 5.78. The number of aliphatic carboxylic acids is 1. The van der Waals surface area contributed by atoms with Gasteiger partial charge < -0.3 is 20.3 Å². The number of aliphatic hydroxyl groups excluding tert-OH is 1. The van der Waals surface area contributed by atoms with Crippen molar-refractivity contribution in [2.75, 3.05) is 19.7 Å². The zero-order chi connectivity index (χ0) is 18.7. The van der Waals surface area contributed by atoms with Crippen molar-refractivity contribution in [3.63, 3.8) is 0 Å². The van der Waals surface area contributed by atoms with Crippen LogP contribution >= 0.6 is 0 Å².